The maximum atomic E-state index is 8.82. The van der Waals surface area contributed by atoms with Crippen LogP contribution in [0.15, 0.2) is 0 Å². The molecule has 43 valence electrons. The van der Waals surface area contributed by atoms with Gasteiger partial charge in [-0.2, -0.15) is 0 Å². The molecule has 0 aromatic carbocycles. The molecule has 0 aliphatic carbocycles. The molecule has 0 bridgehead atoms. The van der Waals surface area contributed by atoms with Crippen molar-refractivity contribution in [2.45, 2.75) is 0 Å². The Balaban J connectivity index is -0.00000000800. The van der Waals surface area contributed by atoms with Crippen molar-refractivity contribution in [1.82, 2.24) is 0 Å². The maximum absolute atomic E-state index is 8.82. The van der Waals surface area contributed by atoms with E-state index in [2.05, 4.69) is 0 Å². The first-order valence-corrected chi connectivity index (χ1v) is 2.88. The molecule has 0 unspecified atom stereocenters. The van der Waals surface area contributed by atoms with Crippen LogP contribution in [0.3, 0.4) is 0 Å². The average Bonchev–Trinajstić information content (AvgIpc) is 0.722. The summed E-state index contributed by atoms with van der Waals surface area (Å²) in [6, 6.07) is 0. The van der Waals surface area contributed by atoms with Gasteiger partial charge in [0.15, 0.2) is 0 Å². The predicted molar refractivity (Wildman–Crippen MR) is 19.5 cm³/mol. The zero-order valence-electron chi connectivity index (χ0n) is 5.90. The van der Waals surface area contributed by atoms with Crippen LogP contribution in [0, 0.1) is 0 Å². The molecule has 0 aromatic rings. The topological polar surface area (TPSA) is 74.6 Å². The predicted octanol–water partition coefficient (Wildman–Crippen LogP) is -1.89. The molecule has 0 fully saturated rings. The van der Waals surface area contributed by atoms with Crippen LogP contribution >= 0.6 is 0 Å². The molecule has 0 aliphatic heterocycles. The molecular weight excluding hydrogens is 215 g/mol. The van der Waals surface area contributed by atoms with Crippen LogP contribution in [0.5, 0.6) is 0 Å². The van der Waals surface area contributed by atoms with E-state index in [0.29, 0.717) is 0 Å². The van der Waals surface area contributed by atoms with E-state index in [1.165, 1.54) is 0 Å². The van der Waals surface area contributed by atoms with E-state index < -0.39 is 13.6 Å². The molecular formula is H4BCaCrO4Ti. The zero-order chi connectivity index (χ0) is 4.50. The Morgan fingerprint density at radius 2 is 1.25 bits per heavy atom. The van der Waals surface area contributed by atoms with Crippen LogP contribution in [0.25, 0.3) is 0 Å². The summed E-state index contributed by atoms with van der Waals surface area (Å²) in [6.45, 7) is 0. The maximum Gasteiger partial charge on any atom is 0 e. The molecule has 0 saturated carbocycles. The van der Waals surface area contributed by atoms with Crippen LogP contribution in [-0.2, 0) is 42.9 Å². The van der Waals surface area contributed by atoms with Crippen molar-refractivity contribution < 1.29 is 54.1 Å². The van der Waals surface area contributed by atoms with Gasteiger partial charge >= 0.3 is 67.3 Å². The van der Waals surface area contributed by atoms with Crippen molar-refractivity contribution in [3.8, 4) is 0 Å². The first-order chi connectivity index (χ1) is 2.00. The second-order valence-corrected chi connectivity index (χ2v) is 1.85. The normalized spacial score (nSPS) is 7.25. The Bertz CT molecular complexity index is 106. The summed E-state index contributed by atoms with van der Waals surface area (Å²) < 4.78 is 31.9. The number of hydrogen-bond acceptors (Lipinski definition) is 2. The molecule has 0 saturated heterocycles. The Kier molecular flexibility index (Phi) is 25.5. The van der Waals surface area contributed by atoms with E-state index in [1.54, 1.807) is 0 Å². The molecule has 0 amide bonds. The summed E-state index contributed by atoms with van der Waals surface area (Å²) in [4.78, 5) is 0. The van der Waals surface area contributed by atoms with Crippen molar-refractivity contribution in [2.75, 3.05) is 0 Å². The Morgan fingerprint density at radius 1 is 1.25 bits per heavy atom. The van der Waals surface area contributed by atoms with Gasteiger partial charge < -0.3 is 2.85 Å². The SMILES string of the molecule is [B].[Ca+2].[H-].[H-].[O]=[Cr](=[O])([OH])[OH].[Ti]. The van der Waals surface area contributed by atoms with Gasteiger partial charge in [0.1, 0.15) is 0 Å². The standard InChI is InChI=1S/B.Ca.Cr.2H2O.2O.Ti.2H/h;;;2*1H2;;;;;/q;2*+2;;;;;;2*-1/p-2. The Morgan fingerprint density at radius 3 is 1.25 bits per heavy atom. The van der Waals surface area contributed by atoms with Gasteiger partial charge in [-0.15, -0.1) is 0 Å². The van der Waals surface area contributed by atoms with Crippen LogP contribution in [0.1, 0.15) is 2.85 Å². The summed E-state index contributed by atoms with van der Waals surface area (Å²) in [5, 5.41) is 0. The first-order valence-electron chi connectivity index (χ1n) is 0.698. The molecule has 8 heteroatoms. The van der Waals surface area contributed by atoms with Crippen molar-refractivity contribution in [3.05, 3.63) is 0 Å². The number of rotatable bonds is 0. The minimum atomic E-state index is -5.25. The van der Waals surface area contributed by atoms with Gasteiger partial charge in [0.25, 0.3) is 0 Å². The summed E-state index contributed by atoms with van der Waals surface area (Å²) in [7, 11) is 0. The number of hydrogen-bond donors (Lipinski definition) is 2. The molecule has 3 radical (unpaired) electrons. The second-order valence-electron chi connectivity index (χ2n) is 0.448. The minimum absolute atomic E-state index is 0. The third kappa shape index (κ3) is 93.0. The van der Waals surface area contributed by atoms with Crippen LogP contribution in [0.4, 0.5) is 0 Å². The van der Waals surface area contributed by atoms with Gasteiger partial charge in [0.05, 0.1) is 0 Å². The van der Waals surface area contributed by atoms with Gasteiger partial charge in [-0.3, -0.25) is 0 Å². The quantitative estimate of drug-likeness (QED) is 0.467. The second kappa shape index (κ2) is 9.09. The third-order valence-corrected chi connectivity index (χ3v) is 0. The van der Waals surface area contributed by atoms with E-state index >= 15 is 0 Å². The van der Waals surface area contributed by atoms with E-state index in [1.807, 2.05) is 0 Å². The van der Waals surface area contributed by atoms with Gasteiger partial charge in [-0.25, -0.2) is 0 Å². The van der Waals surface area contributed by atoms with E-state index in [9.17, 15) is 0 Å². The summed E-state index contributed by atoms with van der Waals surface area (Å²) in [5.74, 6) is 0. The summed E-state index contributed by atoms with van der Waals surface area (Å²) >= 11 is -5.25. The Hall–Kier alpha value is 2.09. The van der Waals surface area contributed by atoms with Crippen LogP contribution in [0.2, 0.25) is 0 Å². The minimum Gasteiger partial charge on any atom is 0 e. The Labute approximate surface area is 98.8 Å². The molecule has 0 atom stereocenters. The fraction of sp³-hybridized carbons (Fsp3) is 0. The molecule has 0 heterocycles. The van der Waals surface area contributed by atoms with Crippen molar-refractivity contribution in [1.29, 1.82) is 0 Å². The third-order valence-electron chi connectivity index (χ3n) is 0. The fourth-order valence-electron chi connectivity index (χ4n) is 0. The summed E-state index contributed by atoms with van der Waals surface area (Å²) in [6.07, 6.45) is 0. The van der Waals surface area contributed by atoms with Crippen molar-refractivity contribution in [3.63, 3.8) is 0 Å². The fourth-order valence-corrected chi connectivity index (χ4v) is 0. The van der Waals surface area contributed by atoms with Crippen LogP contribution in [-0.4, -0.2) is 54.5 Å². The molecule has 8 heavy (non-hydrogen) atoms. The van der Waals surface area contributed by atoms with Crippen molar-refractivity contribution >= 4 is 46.2 Å². The van der Waals surface area contributed by atoms with E-state index in [-0.39, 0.29) is 70.7 Å². The summed E-state index contributed by atoms with van der Waals surface area (Å²) in [5.41, 5.74) is 0. The molecule has 0 spiro atoms. The van der Waals surface area contributed by atoms with E-state index in [0.717, 1.165) is 0 Å². The average molecular weight is 219 g/mol. The molecule has 0 aromatic heterocycles. The zero-order valence-corrected chi connectivity index (χ0v) is 8.95. The molecule has 0 aliphatic rings. The largest absolute Gasteiger partial charge is 0 e. The molecule has 0 rings (SSSR count). The van der Waals surface area contributed by atoms with E-state index in [4.69, 9.17) is 15.9 Å². The van der Waals surface area contributed by atoms with Crippen molar-refractivity contribution in [2.24, 2.45) is 0 Å². The van der Waals surface area contributed by atoms with Gasteiger partial charge in [0, 0.05) is 30.1 Å². The smallest absolute Gasteiger partial charge is 0 e. The van der Waals surface area contributed by atoms with Gasteiger partial charge in [-0.05, 0) is 0 Å². The first kappa shape index (κ1) is 22.5. The molecule has 4 nitrogen and oxygen atoms in total. The molecule has 2 N–H and O–H groups in total. The van der Waals surface area contributed by atoms with Crippen LogP contribution < -0.4 is 0 Å². The monoisotopic (exact) mass is 219 g/mol. The van der Waals surface area contributed by atoms with Gasteiger partial charge in [-0.1, -0.05) is 0 Å². The van der Waals surface area contributed by atoms with Gasteiger partial charge in [0.2, 0.25) is 0 Å².